The predicted molar refractivity (Wildman–Crippen MR) is 111 cm³/mol. The molecule has 0 aromatic heterocycles. The lowest BCUT2D eigenvalue weighted by atomic mass is 10.1. The summed E-state index contributed by atoms with van der Waals surface area (Å²) in [5.41, 5.74) is 0.424. The predicted octanol–water partition coefficient (Wildman–Crippen LogP) is 2.20. The average Bonchev–Trinajstić information content (AvgIpc) is 3.23. The number of nitrogens with zero attached hydrogens (tertiary/aromatic N) is 2. The molecule has 1 fully saturated rings. The van der Waals surface area contributed by atoms with Gasteiger partial charge in [0.2, 0.25) is 20.0 Å². The van der Waals surface area contributed by atoms with Crippen LogP contribution < -0.4 is 10.5 Å². The summed E-state index contributed by atoms with van der Waals surface area (Å²) >= 11 is 0. The van der Waals surface area contributed by atoms with Crippen LogP contribution in [0.5, 0.6) is 0 Å². The Bertz CT molecular complexity index is 1170. The highest BCUT2D eigenvalue weighted by atomic mass is 32.2. The van der Waals surface area contributed by atoms with E-state index in [2.05, 4.69) is 5.32 Å². The molecular formula is C18H22N4O6S2. The van der Waals surface area contributed by atoms with E-state index in [0.29, 0.717) is 18.7 Å². The Labute approximate surface area is 174 Å². The van der Waals surface area contributed by atoms with Crippen molar-refractivity contribution in [1.82, 2.24) is 4.31 Å². The van der Waals surface area contributed by atoms with Crippen molar-refractivity contribution in [3.8, 4) is 0 Å². The first kappa shape index (κ1) is 22.2. The molecule has 0 aliphatic carbocycles. The first-order valence-corrected chi connectivity index (χ1v) is 12.2. The summed E-state index contributed by atoms with van der Waals surface area (Å²) in [6.07, 6.45) is 1.46. The molecule has 162 valence electrons. The van der Waals surface area contributed by atoms with Gasteiger partial charge in [-0.15, -0.1) is 0 Å². The van der Waals surface area contributed by atoms with Crippen LogP contribution in [0.15, 0.2) is 52.3 Å². The topological polar surface area (TPSA) is 153 Å². The van der Waals surface area contributed by atoms with Gasteiger partial charge >= 0.3 is 0 Å². The number of nitro benzene ring substituents is 1. The second kappa shape index (κ2) is 8.30. The van der Waals surface area contributed by atoms with Gasteiger partial charge in [0.25, 0.3) is 5.69 Å². The van der Waals surface area contributed by atoms with Gasteiger partial charge in [0.1, 0.15) is 4.90 Å². The molecule has 0 bridgehead atoms. The number of nitro groups is 1. The van der Waals surface area contributed by atoms with Crippen molar-refractivity contribution in [3.63, 3.8) is 0 Å². The molecule has 2 aromatic rings. The van der Waals surface area contributed by atoms with E-state index in [0.717, 1.165) is 18.9 Å². The molecule has 3 rings (SSSR count). The van der Waals surface area contributed by atoms with Crippen LogP contribution in [0.1, 0.15) is 31.4 Å². The number of hydrogen-bond acceptors (Lipinski definition) is 7. The molecule has 3 N–H and O–H groups in total. The van der Waals surface area contributed by atoms with E-state index >= 15 is 0 Å². The first-order valence-electron chi connectivity index (χ1n) is 9.18. The van der Waals surface area contributed by atoms with Crippen molar-refractivity contribution >= 4 is 31.4 Å². The second-order valence-electron chi connectivity index (χ2n) is 7.03. The molecule has 0 amide bonds. The lowest BCUT2D eigenvalue weighted by Gasteiger charge is -2.22. The van der Waals surface area contributed by atoms with Gasteiger partial charge in [-0.3, -0.25) is 10.1 Å². The smallest absolute Gasteiger partial charge is 0.270 e. The molecule has 10 nitrogen and oxygen atoms in total. The fourth-order valence-corrected chi connectivity index (χ4v) is 5.56. The Hall–Kier alpha value is -2.54. The van der Waals surface area contributed by atoms with Crippen molar-refractivity contribution < 1.29 is 21.8 Å². The zero-order valence-electron chi connectivity index (χ0n) is 16.2. The monoisotopic (exact) mass is 454 g/mol. The van der Waals surface area contributed by atoms with Crippen molar-refractivity contribution in [2.24, 2.45) is 5.14 Å². The van der Waals surface area contributed by atoms with E-state index in [1.54, 1.807) is 13.0 Å². The summed E-state index contributed by atoms with van der Waals surface area (Å²) in [6.45, 7) is 2.43. The minimum absolute atomic E-state index is 0.0674. The molecule has 1 aliphatic rings. The van der Waals surface area contributed by atoms with E-state index in [-0.39, 0.29) is 21.2 Å². The van der Waals surface area contributed by atoms with Gasteiger partial charge in [-0.25, -0.2) is 22.0 Å². The SMILES string of the molecule is CC(Nc1ccc([N+](=O)[O-])cc1S(=O)(=O)N1CCCC1)c1cccc(S(N)(=O)=O)c1. The molecule has 0 saturated carbocycles. The maximum atomic E-state index is 13.1. The Morgan fingerprint density at radius 2 is 1.77 bits per heavy atom. The van der Waals surface area contributed by atoms with Gasteiger partial charge in [0, 0.05) is 31.3 Å². The van der Waals surface area contributed by atoms with Crippen LogP contribution in [0.2, 0.25) is 0 Å². The number of hydrogen-bond donors (Lipinski definition) is 2. The molecule has 0 spiro atoms. The van der Waals surface area contributed by atoms with Gasteiger partial charge in [-0.2, -0.15) is 4.31 Å². The van der Waals surface area contributed by atoms with Crippen molar-refractivity contribution in [2.45, 2.75) is 35.6 Å². The summed E-state index contributed by atoms with van der Waals surface area (Å²) in [5, 5.41) is 19.4. The first-order chi connectivity index (χ1) is 14.0. The van der Waals surface area contributed by atoms with E-state index in [1.165, 1.54) is 34.6 Å². The summed E-state index contributed by atoms with van der Waals surface area (Å²) < 4.78 is 50.7. The molecular weight excluding hydrogens is 432 g/mol. The number of non-ortho nitro benzene ring substituents is 1. The van der Waals surface area contributed by atoms with Crippen molar-refractivity contribution in [2.75, 3.05) is 18.4 Å². The molecule has 1 aliphatic heterocycles. The number of primary sulfonamides is 1. The molecule has 1 unspecified atom stereocenters. The van der Waals surface area contributed by atoms with Crippen LogP contribution in [0.4, 0.5) is 11.4 Å². The summed E-state index contributed by atoms with van der Waals surface area (Å²) in [5.74, 6) is 0. The number of sulfonamides is 2. The van der Waals surface area contributed by atoms with Crippen LogP contribution in [0.3, 0.4) is 0 Å². The zero-order valence-corrected chi connectivity index (χ0v) is 17.8. The van der Waals surface area contributed by atoms with Crippen molar-refractivity contribution in [3.05, 3.63) is 58.1 Å². The van der Waals surface area contributed by atoms with Gasteiger partial charge in [0.15, 0.2) is 0 Å². The van der Waals surface area contributed by atoms with Crippen LogP contribution in [-0.4, -0.2) is 39.2 Å². The number of nitrogens with two attached hydrogens (primary N) is 1. The van der Waals surface area contributed by atoms with Gasteiger partial charge in [0.05, 0.1) is 15.5 Å². The minimum atomic E-state index is -3.93. The highest BCUT2D eigenvalue weighted by Gasteiger charge is 2.31. The number of anilines is 1. The van der Waals surface area contributed by atoms with Crippen LogP contribution in [0, 0.1) is 10.1 Å². The molecule has 0 radical (unpaired) electrons. The Kier molecular flexibility index (Phi) is 6.13. The zero-order chi connectivity index (χ0) is 22.1. The second-order valence-corrected chi connectivity index (χ2v) is 10.5. The quantitative estimate of drug-likeness (QED) is 0.480. The third-order valence-corrected chi connectivity index (χ3v) is 7.77. The molecule has 30 heavy (non-hydrogen) atoms. The van der Waals surface area contributed by atoms with E-state index < -0.39 is 31.0 Å². The molecule has 1 atom stereocenters. The largest absolute Gasteiger partial charge is 0.377 e. The number of rotatable bonds is 7. The minimum Gasteiger partial charge on any atom is -0.377 e. The number of nitrogens with one attached hydrogen (secondary N) is 1. The van der Waals surface area contributed by atoms with Crippen LogP contribution in [0.25, 0.3) is 0 Å². The normalized spacial score (nSPS) is 16.3. The Morgan fingerprint density at radius 3 is 2.37 bits per heavy atom. The lowest BCUT2D eigenvalue weighted by molar-refractivity contribution is -0.385. The maximum Gasteiger partial charge on any atom is 0.270 e. The highest BCUT2D eigenvalue weighted by molar-refractivity contribution is 7.89. The van der Waals surface area contributed by atoms with E-state index in [1.807, 2.05) is 0 Å². The molecule has 2 aromatic carbocycles. The third-order valence-electron chi connectivity index (χ3n) is 4.92. The standard InChI is InChI=1S/C18H22N4O6S2/c1-13(14-5-4-6-16(11-14)29(19,25)26)20-17-8-7-15(22(23)24)12-18(17)30(27,28)21-9-2-3-10-21/h4-8,11-13,20H,2-3,9-10H2,1H3,(H2,19,25,26). The Morgan fingerprint density at radius 1 is 1.10 bits per heavy atom. The highest BCUT2D eigenvalue weighted by Crippen LogP contribution is 2.33. The van der Waals surface area contributed by atoms with Crippen molar-refractivity contribution in [1.29, 1.82) is 0 Å². The average molecular weight is 455 g/mol. The Balaban J connectivity index is 2.00. The summed E-state index contributed by atoms with van der Waals surface area (Å²) in [7, 11) is -7.83. The maximum absolute atomic E-state index is 13.1. The number of benzene rings is 2. The lowest BCUT2D eigenvalue weighted by Crippen LogP contribution is -2.28. The molecule has 12 heteroatoms. The van der Waals surface area contributed by atoms with Crippen LogP contribution in [-0.2, 0) is 20.0 Å². The summed E-state index contributed by atoms with van der Waals surface area (Å²) in [4.78, 5) is 10.3. The van der Waals surface area contributed by atoms with Gasteiger partial charge < -0.3 is 5.32 Å². The van der Waals surface area contributed by atoms with Gasteiger partial charge in [-0.1, -0.05) is 12.1 Å². The van der Waals surface area contributed by atoms with E-state index in [4.69, 9.17) is 5.14 Å². The molecule has 1 heterocycles. The fraction of sp³-hybridized carbons (Fsp3) is 0.333. The van der Waals surface area contributed by atoms with Gasteiger partial charge in [-0.05, 0) is 43.5 Å². The van der Waals surface area contributed by atoms with Crippen LogP contribution >= 0.6 is 0 Å². The fourth-order valence-electron chi connectivity index (χ4n) is 3.30. The third kappa shape index (κ3) is 4.61. The molecule has 1 saturated heterocycles. The van der Waals surface area contributed by atoms with E-state index in [9.17, 15) is 26.9 Å². The summed E-state index contributed by atoms with van der Waals surface area (Å²) in [6, 6.07) is 9.08.